The summed E-state index contributed by atoms with van der Waals surface area (Å²) in [5.74, 6) is -0.548. The number of carbonyl (C=O) groups excluding carboxylic acids is 1. The summed E-state index contributed by atoms with van der Waals surface area (Å²) in [5, 5.41) is 3.29. The molecule has 1 amide bonds. The van der Waals surface area contributed by atoms with Crippen LogP contribution in [-0.4, -0.2) is 5.91 Å². The molecule has 0 heterocycles. The average Bonchev–Trinajstić information content (AvgIpc) is 2.34. The summed E-state index contributed by atoms with van der Waals surface area (Å²) >= 11 is 8.92. The second-order valence-corrected chi connectivity index (χ2v) is 5.27. The smallest absolute Gasteiger partial charge is 0.228 e. The van der Waals surface area contributed by atoms with Crippen LogP contribution in [0.15, 0.2) is 46.9 Å². The van der Waals surface area contributed by atoms with Crippen molar-refractivity contribution < 1.29 is 9.18 Å². The molecule has 0 aliphatic heterocycles. The molecule has 98 valence electrons. The van der Waals surface area contributed by atoms with Gasteiger partial charge < -0.3 is 5.32 Å². The van der Waals surface area contributed by atoms with Gasteiger partial charge in [0.25, 0.3) is 0 Å². The van der Waals surface area contributed by atoms with E-state index >= 15 is 0 Å². The Bertz CT molecular complexity index is 618. The lowest BCUT2D eigenvalue weighted by Gasteiger charge is -2.06. The van der Waals surface area contributed by atoms with Crippen LogP contribution in [0.4, 0.5) is 10.1 Å². The van der Waals surface area contributed by atoms with Crippen molar-refractivity contribution >= 4 is 39.1 Å². The monoisotopic (exact) mass is 341 g/mol. The molecular formula is C14H10BrClFNO. The van der Waals surface area contributed by atoms with Crippen LogP contribution in [0.3, 0.4) is 0 Å². The highest BCUT2D eigenvalue weighted by atomic mass is 79.9. The molecule has 1 N–H and O–H groups in total. The highest BCUT2D eigenvalue weighted by molar-refractivity contribution is 9.10. The number of benzene rings is 2. The van der Waals surface area contributed by atoms with Gasteiger partial charge in [-0.3, -0.25) is 4.79 Å². The minimum Gasteiger partial charge on any atom is -0.326 e. The predicted octanol–water partition coefficient (Wildman–Crippen LogP) is 4.42. The Labute approximate surface area is 123 Å². The Morgan fingerprint density at radius 3 is 2.74 bits per heavy atom. The maximum atomic E-state index is 13.1. The molecule has 0 saturated heterocycles. The fourth-order valence-corrected chi connectivity index (χ4v) is 2.20. The molecule has 0 atom stereocenters. The first-order chi connectivity index (χ1) is 9.04. The Balaban J connectivity index is 2.03. The lowest BCUT2D eigenvalue weighted by Crippen LogP contribution is -2.14. The molecular weight excluding hydrogens is 333 g/mol. The minimum absolute atomic E-state index is 0.180. The first-order valence-corrected chi connectivity index (χ1v) is 6.71. The maximum absolute atomic E-state index is 13.1. The van der Waals surface area contributed by atoms with Crippen molar-refractivity contribution in [3.8, 4) is 0 Å². The molecule has 2 aromatic rings. The summed E-state index contributed by atoms with van der Waals surface area (Å²) < 4.78 is 13.4. The fourth-order valence-electron chi connectivity index (χ4n) is 1.61. The molecule has 0 saturated carbocycles. The fraction of sp³-hybridized carbons (Fsp3) is 0.0714. The van der Waals surface area contributed by atoms with Gasteiger partial charge in [-0.1, -0.05) is 23.7 Å². The van der Waals surface area contributed by atoms with E-state index in [4.69, 9.17) is 11.6 Å². The molecule has 0 spiro atoms. The number of hydrogen-bond donors (Lipinski definition) is 1. The van der Waals surface area contributed by atoms with Crippen molar-refractivity contribution in [3.05, 3.63) is 63.3 Å². The van der Waals surface area contributed by atoms with E-state index in [1.807, 2.05) is 6.07 Å². The summed E-state index contributed by atoms with van der Waals surface area (Å²) in [6.07, 6.45) is 0.218. The Morgan fingerprint density at radius 1 is 1.26 bits per heavy atom. The van der Waals surface area contributed by atoms with E-state index in [0.717, 1.165) is 5.56 Å². The summed E-state index contributed by atoms with van der Waals surface area (Å²) in [7, 11) is 0. The number of carbonyl (C=O) groups is 1. The summed E-state index contributed by atoms with van der Waals surface area (Å²) in [4.78, 5) is 11.8. The van der Waals surface area contributed by atoms with Gasteiger partial charge in [0.1, 0.15) is 5.82 Å². The molecule has 2 nitrogen and oxygen atoms in total. The summed E-state index contributed by atoms with van der Waals surface area (Å²) in [6, 6.07) is 11.4. The van der Waals surface area contributed by atoms with Crippen LogP contribution >= 0.6 is 27.5 Å². The molecule has 2 rings (SSSR count). The molecule has 2 aromatic carbocycles. The van der Waals surface area contributed by atoms with Crippen LogP contribution < -0.4 is 5.32 Å². The summed E-state index contributed by atoms with van der Waals surface area (Å²) in [5.41, 5.74) is 1.37. The number of halogens is 3. The number of anilines is 1. The third-order valence-electron chi connectivity index (χ3n) is 2.46. The Kier molecular flexibility index (Phi) is 4.56. The molecule has 0 unspecified atom stereocenters. The van der Waals surface area contributed by atoms with E-state index in [0.29, 0.717) is 15.2 Å². The number of nitrogens with one attached hydrogen (secondary N) is 1. The lowest BCUT2D eigenvalue weighted by molar-refractivity contribution is -0.115. The zero-order chi connectivity index (χ0) is 13.8. The zero-order valence-corrected chi connectivity index (χ0v) is 12.1. The van der Waals surface area contributed by atoms with E-state index in [-0.39, 0.29) is 18.1 Å². The molecule has 0 aliphatic rings. The number of amides is 1. The van der Waals surface area contributed by atoms with Gasteiger partial charge in [0, 0.05) is 10.7 Å². The van der Waals surface area contributed by atoms with Gasteiger partial charge in [-0.05, 0) is 51.8 Å². The topological polar surface area (TPSA) is 29.1 Å². The first kappa shape index (κ1) is 14.0. The zero-order valence-electron chi connectivity index (χ0n) is 9.79. The third kappa shape index (κ3) is 4.04. The van der Waals surface area contributed by atoms with Crippen molar-refractivity contribution in [1.29, 1.82) is 0 Å². The predicted molar refractivity (Wildman–Crippen MR) is 77.9 cm³/mol. The van der Waals surface area contributed by atoms with E-state index in [1.54, 1.807) is 18.2 Å². The van der Waals surface area contributed by atoms with Gasteiger partial charge in [0.15, 0.2) is 0 Å². The van der Waals surface area contributed by atoms with E-state index in [1.165, 1.54) is 18.2 Å². The summed E-state index contributed by atoms with van der Waals surface area (Å²) in [6.45, 7) is 0. The van der Waals surface area contributed by atoms with Crippen molar-refractivity contribution in [2.24, 2.45) is 0 Å². The number of rotatable bonds is 3. The highest BCUT2D eigenvalue weighted by Crippen LogP contribution is 2.20. The van der Waals surface area contributed by atoms with Crippen molar-refractivity contribution in [3.63, 3.8) is 0 Å². The lowest BCUT2D eigenvalue weighted by atomic mass is 10.1. The van der Waals surface area contributed by atoms with Crippen LogP contribution in [0.25, 0.3) is 0 Å². The van der Waals surface area contributed by atoms with Crippen LogP contribution in [0.5, 0.6) is 0 Å². The second-order valence-electron chi connectivity index (χ2n) is 3.98. The highest BCUT2D eigenvalue weighted by Gasteiger charge is 2.06. The van der Waals surface area contributed by atoms with Crippen LogP contribution in [-0.2, 0) is 11.2 Å². The van der Waals surface area contributed by atoms with Crippen molar-refractivity contribution in [2.75, 3.05) is 5.32 Å². The maximum Gasteiger partial charge on any atom is 0.228 e. The Hall–Kier alpha value is -1.39. The molecule has 0 bridgehead atoms. The van der Waals surface area contributed by atoms with Gasteiger partial charge in [0.05, 0.1) is 10.9 Å². The minimum atomic E-state index is -0.368. The van der Waals surface area contributed by atoms with E-state index in [9.17, 15) is 9.18 Å². The standard InChI is InChI=1S/C14H10BrClFNO/c15-12-8-11(4-5-13(12)17)18-14(19)7-9-2-1-3-10(16)6-9/h1-6,8H,7H2,(H,18,19). The van der Waals surface area contributed by atoms with Gasteiger partial charge >= 0.3 is 0 Å². The van der Waals surface area contributed by atoms with E-state index in [2.05, 4.69) is 21.2 Å². The molecule has 0 aliphatic carbocycles. The largest absolute Gasteiger partial charge is 0.326 e. The molecule has 19 heavy (non-hydrogen) atoms. The van der Waals surface area contributed by atoms with Gasteiger partial charge in [0.2, 0.25) is 5.91 Å². The quantitative estimate of drug-likeness (QED) is 0.879. The van der Waals surface area contributed by atoms with Gasteiger partial charge in [-0.15, -0.1) is 0 Å². The molecule has 0 fully saturated rings. The first-order valence-electron chi connectivity index (χ1n) is 5.54. The molecule has 0 radical (unpaired) electrons. The number of hydrogen-bond acceptors (Lipinski definition) is 1. The third-order valence-corrected chi connectivity index (χ3v) is 3.30. The van der Waals surface area contributed by atoms with Crippen LogP contribution in [0.1, 0.15) is 5.56 Å². The van der Waals surface area contributed by atoms with Crippen LogP contribution in [0, 0.1) is 5.82 Å². The Morgan fingerprint density at radius 2 is 2.05 bits per heavy atom. The molecule has 0 aromatic heterocycles. The van der Waals surface area contributed by atoms with Crippen LogP contribution in [0.2, 0.25) is 5.02 Å². The van der Waals surface area contributed by atoms with E-state index < -0.39 is 0 Å². The molecule has 5 heteroatoms. The SMILES string of the molecule is O=C(Cc1cccc(Cl)c1)Nc1ccc(F)c(Br)c1. The van der Waals surface area contributed by atoms with Crippen molar-refractivity contribution in [1.82, 2.24) is 0 Å². The van der Waals surface area contributed by atoms with Crippen molar-refractivity contribution in [2.45, 2.75) is 6.42 Å². The average molecular weight is 343 g/mol. The normalized spacial score (nSPS) is 10.3. The van der Waals surface area contributed by atoms with Gasteiger partial charge in [-0.25, -0.2) is 4.39 Å². The second kappa shape index (κ2) is 6.17. The van der Waals surface area contributed by atoms with Gasteiger partial charge in [-0.2, -0.15) is 0 Å².